The van der Waals surface area contributed by atoms with E-state index in [0.29, 0.717) is 10.7 Å². The molecule has 0 bridgehead atoms. The minimum atomic E-state index is -0.464. The van der Waals surface area contributed by atoms with Gasteiger partial charge in [-0.2, -0.15) is 5.26 Å². The summed E-state index contributed by atoms with van der Waals surface area (Å²) in [5.74, 6) is -0.464. The molecule has 0 aliphatic rings. The van der Waals surface area contributed by atoms with E-state index in [-0.39, 0.29) is 5.57 Å². The molecule has 2 N–H and O–H groups in total. The lowest BCUT2D eigenvalue weighted by Crippen LogP contribution is -2.15. The zero-order chi connectivity index (χ0) is 17.7. The second-order valence-electron chi connectivity index (χ2n) is 5.19. The first-order valence-corrected chi connectivity index (χ1v) is 8.57. The molecular formula is C18H15ClIN3O. The Morgan fingerprint density at radius 3 is 2.58 bits per heavy atom. The van der Waals surface area contributed by atoms with Crippen LogP contribution in [0.25, 0.3) is 0 Å². The number of benzene rings is 2. The van der Waals surface area contributed by atoms with Gasteiger partial charge in [0, 0.05) is 26.2 Å². The number of halogens is 2. The van der Waals surface area contributed by atoms with Gasteiger partial charge in [-0.25, -0.2) is 0 Å². The highest BCUT2D eigenvalue weighted by molar-refractivity contribution is 14.1. The molecule has 0 saturated carbocycles. The molecule has 122 valence electrons. The van der Waals surface area contributed by atoms with E-state index in [9.17, 15) is 10.1 Å². The minimum Gasteiger partial charge on any atom is -0.360 e. The van der Waals surface area contributed by atoms with Crippen molar-refractivity contribution in [3.63, 3.8) is 0 Å². The lowest BCUT2D eigenvalue weighted by atomic mass is 10.2. The Morgan fingerprint density at radius 1 is 1.17 bits per heavy atom. The van der Waals surface area contributed by atoms with Gasteiger partial charge in [0.1, 0.15) is 11.6 Å². The van der Waals surface area contributed by atoms with E-state index in [0.717, 1.165) is 20.4 Å². The SMILES string of the molecule is Cc1ccc(Cl)cc1N/C=C(/C#N)C(=O)Nc1ccc(I)cc1C. The summed E-state index contributed by atoms with van der Waals surface area (Å²) in [5, 5.41) is 15.5. The molecule has 2 aromatic rings. The number of carbonyl (C=O) groups excluding carboxylic acids is 1. The fourth-order valence-electron chi connectivity index (χ4n) is 2.01. The van der Waals surface area contributed by atoms with Crippen LogP contribution in [0.5, 0.6) is 0 Å². The van der Waals surface area contributed by atoms with Gasteiger partial charge >= 0.3 is 0 Å². The molecule has 6 heteroatoms. The van der Waals surface area contributed by atoms with E-state index in [4.69, 9.17) is 11.6 Å². The van der Waals surface area contributed by atoms with Gasteiger partial charge in [-0.05, 0) is 77.9 Å². The second-order valence-corrected chi connectivity index (χ2v) is 6.87. The van der Waals surface area contributed by atoms with Crippen LogP contribution in [0.2, 0.25) is 5.02 Å². The average molecular weight is 452 g/mol. The third-order valence-corrected chi connectivity index (χ3v) is 4.28. The molecule has 0 spiro atoms. The van der Waals surface area contributed by atoms with Crippen LogP contribution in [0, 0.1) is 28.7 Å². The van der Waals surface area contributed by atoms with Crippen molar-refractivity contribution in [3.8, 4) is 6.07 Å². The smallest absolute Gasteiger partial charge is 0.267 e. The fourth-order valence-corrected chi connectivity index (χ4v) is 2.82. The molecule has 0 aromatic heterocycles. The van der Waals surface area contributed by atoms with Crippen molar-refractivity contribution >= 4 is 51.5 Å². The van der Waals surface area contributed by atoms with Gasteiger partial charge in [0.2, 0.25) is 0 Å². The Bertz CT molecular complexity index is 856. The Morgan fingerprint density at radius 2 is 1.92 bits per heavy atom. The largest absolute Gasteiger partial charge is 0.360 e. The molecule has 0 unspecified atom stereocenters. The molecule has 2 rings (SSSR count). The number of nitrogens with one attached hydrogen (secondary N) is 2. The van der Waals surface area contributed by atoms with Crippen LogP contribution in [0.3, 0.4) is 0 Å². The van der Waals surface area contributed by atoms with Gasteiger partial charge in [-0.3, -0.25) is 4.79 Å². The highest BCUT2D eigenvalue weighted by Gasteiger charge is 2.11. The minimum absolute atomic E-state index is 0.0210. The van der Waals surface area contributed by atoms with E-state index < -0.39 is 5.91 Å². The maximum absolute atomic E-state index is 12.3. The summed E-state index contributed by atoms with van der Waals surface area (Å²) in [6, 6.07) is 13.0. The number of anilines is 2. The van der Waals surface area contributed by atoms with E-state index in [1.807, 2.05) is 44.2 Å². The van der Waals surface area contributed by atoms with Gasteiger partial charge in [0.25, 0.3) is 5.91 Å². The van der Waals surface area contributed by atoms with Crippen LogP contribution < -0.4 is 10.6 Å². The summed E-state index contributed by atoms with van der Waals surface area (Å²) in [7, 11) is 0. The summed E-state index contributed by atoms with van der Waals surface area (Å²) in [6.45, 7) is 3.81. The van der Waals surface area contributed by atoms with Crippen molar-refractivity contribution in [2.75, 3.05) is 10.6 Å². The summed E-state index contributed by atoms with van der Waals surface area (Å²) in [5.41, 5.74) is 3.30. The second kappa shape index (κ2) is 8.18. The first-order chi connectivity index (χ1) is 11.4. The van der Waals surface area contributed by atoms with Gasteiger partial charge < -0.3 is 10.6 Å². The fraction of sp³-hybridized carbons (Fsp3) is 0.111. The molecule has 0 saturated heterocycles. The summed E-state index contributed by atoms with van der Waals surface area (Å²) < 4.78 is 1.08. The lowest BCUT2D eigenvalue weighted by molar-refractivity contribution is -0.112. The van der Waals surface area contributed by atoms with Crippen LogP contribution in [-0.4, -0.2) is 5.91 Å². The van der Waals surface area contributed by atoms with Gasteiger partial charge in [-0.15, -0.1) is 0 Å². The number of nitrogens with zero attached hydrogens (tertiary/aromatic N) is 1. The van der Waals surface area contributed by atoms with Crippen LogP contribution in [0.1, 0.15) is 11.1 Å². The average Bonchev–Trinajstić information content (AvgIpc) is 2.54. The van der Waals surface area contributed by atoms with Crippen LogP contribution in [-0.2, 0) is 4.79 Å². The molecule has 24 heavy (non-hydrogen) atoms. The normalized spacial score (nSPS) is 10.9. The predicted octanol–water partition coefficient (Wildman–Crippen LogP) is 5.02. The number of rotatable bonds is 4. The van der Waals surface area contributed by atoms with Gasteiger partial charge in [0.05, 0.1) is 0 Å². The summed E-state index contributed by atoms with van der Waals surface area (Å²) in [6.07, 6.45) is 1.38. The zero-order valence-corrected chi connectivity index (χ0v) is 16.1. The highest BCUT2D eigenvalue weighted by atomic mass is 127. The molecule has 0 heterocycles. The Balaban J connectivity index is 2.16. The third kappa shape index (κ3) is 4.73. The molecule has 1 amide bonds. The molecule has 0 atom stereocenters. The number of nitriles is 1. The van der Waals surface area contributed by atoms with Crippen molar-refractivity contribution in [3.05, 3.63) is 67.9 Å². The number of hydrogen-bond acceptors (Lipinski definition) is 3. The third-order valence-electron chi connectivity index (χ3n) is 3.37. The van der Waals surface area contributed by atoms with Crippen molar-refractivity contribution in [2.45, 2.75) is 13.8 Å². The molecule has 0 radical (unpaired) electrons. The zero-order valence-electron chi connectivity index (χ0n) is 13.2. The van der Waals surface area contributed by atoms with Crippen molar-refractivity contribution < 1.29 is 4.79 Å². The molecule has 2 aromatic carbocycles. The molecule has 0 aliphatic heterocycles. The maximum atomic E-state index is 12.3. The number of aryl methyl sites for hydroxylation is 2. The first kappa shape index (κ1) is 18.3. The maximum Gasteiger partial charge on any atom is 0.267 e. The monoisotopic (exact) mass is 451 g/mol. The lowest BCUT2D eigenvalue weighted by Gasteiger charge is -2.09. The molecule has 0 aliphatic carbocycles. The Labute approximate surface area is 159 Å². The standard InChI is InChI=1S/C18H15ClIN3O/c1-11-3-4-14(19)8-17(11)22-10-13(9-21)18(24)23-16-6-5-15(20)7-12(16)2/h3-8,10,22H,1-2H3,(H,23,24)/b13-10-. The summed E-state index contributed by atoms with van der Waals surface area (Å²) in [4.78, 5) is 12.3. The number of hydrogen-bond donors (Lipinski definition) is 2. The van der Waals surface area contributed by atoms with Gasteiger partial charge in [-0.1, -0.05) is 17.7 Å². The van der Waals surface area contributed by atoms with E-state index in [1.165, 1.54) is 6.20 Å². The Hall–Kier alpha value is -2.04. The van der Waals surface area contributed by atoms with E-state index >= 15 is 0 Å². The van der Waals surface area contributed by atoms with Crippen LogP contribution in [0.15, 0.2) is 48.2 Å². The van der Waals surface area contributed by atoms with Gasteiger partial charge in [0.15, 0.2) is 0 Å². The number of carbonyl (C=O) groups is 1. The van der Waals surface area contributed by atoms with E-state index in [2.05, 4.69) is 33.2 Å². The quantitative estimate of drug-likeness (QED) is 0.390. The first-order valence-electron chi connectivity index (χ1n) is 7.11. The van der Waals surface area contributed by atoms with Crippen molar-refractivity contribution in [1.82, 2.24) is 0 Å². The Kier molecular flexibility index (Phi) is 6.23. The van der Waals surface area contributed by atoms with E-state index in [1.54, 1.807) is 12.1 Å². The number of amides is 1. The van der Waals surface area contributed by atoms with Crippen LogP contribution in [0.4, 0.5) is 11.4 Å². The molecular weight excluding hydrogens is 437 g/mol. The van der Waals surface area contributed by atoms with Crippen LogP contribution >= 0.6 is 34.2 Å². The topological polar surface area (TPSA) is 64.9 Å². The summed E-state index contributed by atoms with van der Waals surface area (Å²) >= 11 is 8.17. The molecule has 4 nitrogen and oxygen atoms in total. The van der Waals surface area contributed by atoms with Crippen molar-refractivity contribution in [2.24, 2.45) is 0 Å². The van der Waals surface area contributed by atoms with Crippen molar-refractivity contribution in [1.29, 1.82) is 5.26 Å². The molecule has 0 fully saturated rings. The highest BCUT2D eigenvalue weighted by Crippen LogP contribution is 2.21. The predicted molar refractivity (Wildman–Crippen MR) is 106 cm³/mol.